The maximum atomic E-state index is 11.0. The first-order valence-corrected chi connectivity index (χ1v) is 7.23. The lowest BCUT2D eigenvalue weighted by Gasteiger charge is -2.03. The molecular weight excluding hydrogens is 374 g/mol. The van der Waals surface area contributed by atoms with E-state index in [1.165, 1.54) is 0 Å². The first-order valence-electron chi connectivity index (χ1n) is 5.65. The fourth-order valence-corrected chi connectivity index (χ4v) is 3.08. The highest BCUT2D eigenvalue weighted by molar-refractivity contribution is 9.10. The molecule has 0 fully saturated rings. The number of nitrogens with zero attached hydrogens (tertiary/aromatic N) is 1. The minimum Gasteiger partial charge on any atom is -0.480 e. The number of carboxylic acid groups (broad SMARTS) is 1. The third-order valence-electron chi connectivity index (χ3n) is 3.08. The lowest BCUT2D eigenvalue weighted by molar-refractivity contribution is -0.137. The van der Waals surface area contributed by atoms with Crippen molar-refractivity contribution in [3.8, 4) is 0 Å². The molecule has 5 heteroatoms. The summed E-state index contributed by atoms with van der Waals surface area (Å²) < 4.78 is 3.79. The second kappa shape index (κ2) is 4.65. The molecule has 3 aromatic rings. The summed E-state index contributed by atoms with van der Waals surface area (Å²) in [5.41, 5.74) is 1.86. The van der Waals surface area contributed by atoms with Crippen LogP contribution in [0.5, 0.6) is 0 Å². The molecular formula is C14H9Br2NO2. The van der Waals surface area contributed by atoms with Gasteiger partial charge in [0.25, 0.3) is 0 Å². The third-order valence-corrected chi connectivity index (χ3v) is 4.07. The summed E-state index contributed by atoms with van der Waals surface area (Å²) in [5, 5.41) is 11.2. The third kappa shape index (κ3) is 2.17. The quantitative estimate of drug-likeness (QED) is 0.713. The van der Waals surface area contributed by atoms with Crippen LogP contribution < -0.4 is 0 Å². The van der Waals surface area contributed by atoms with Crippen molar-refractivity contribution in [1.29, 1.82) is 0 Å². The second-order valence-electron chi connectivity index (χ2n) is 4.30. The summed E-state index contributed by atoms with van der Waals surface area (Å²) in [6.45, 7) is -0.0384. The Balaban J connectivity index is 2.46. The van der Waals surface area contributed by atoms with Crippen LogP contribution in [0.25, 0.3) is 21.8 Å². The van der Waals surface area contributed by atoms with Crippen LogP contribution in [0.2, 0.25) is 0 Å². The van der Waals surface area contributed by atoms with Crippen molar-refractivity contribution in [2.75, 3.05) is 0 Å². The molecule has 0 saturated heterocycles. The van der Waals surface area contributed by atoms with Gasteiger partial charge in [0.1, 0.15) is 6.54 Å². The van der Waals surface area contributed by atoms with Crippen LogP contribution in [-0.2, 0) is 11.3 Å². The fourth-order valence-electron chi connectivity index (χ4n) is 2.35. The van der Waals surface area contributed by atoms with Gasteiger partial charge in [0.2, 0.25) is 0 Å². The lowest BCUT2D eigenvalue weighted by Crippen LogP contribution is -2.08. The predicted octanol–water partition coefficient (Wildman–Crippen LogP) is 4.40. The summed E-state index contributed by atoms with van der Waals surface area (Å²) in [6, 6.07) is 11.8. The van der Waals surface area contributed by atoms with Crippen LogP contribution in [0.1, 0.15) is 0 Å². The number of hydrogen-bond acceptors (Lipinski definition) is 1. The van der Waals surface area contributed by atoms with Crippen LogP contribution in [0.4, 0.5) is 0 Å². The van der Waals surface area contributed by atoms with Gasteiger partial charge in [0, 0.05) is 30.8 Å². The van der Waals surface area contributed by atoms with Crippen LogP contribution in [0, 0.1) is 0 Å². The summed E-state index contributed by atoms with van der Waals surface area (Å²) >= 11 is 6.92. The molecule has 1 heterocycles. The molecule has 0 aliphatic heterocycles. The summed E-state index contributed by atoms with van der Waals surface area (Å²) in [4.78, 5) is 11.0. The van der Waals surface area contributed by atoms with Gasteiger partial charge < -0.3 is 9.67 Å². The number of benzene rings is 2. The van der Waals surface area contributed by atoms with Gasteiger partial charge in [-0.25, -0.2) is 0 Å². The molecule has 3 rings (SSSR count). The number of carbonyl (C=O) groups is 1. The maximum absolute atomic E-state index is 11.0. The Bertz CT molecular complexity index is 749. The number of hydrogen-bond donors (Lipinski definition) is 1. The van der Waals surface area contributed by atoms with Crippen LogP contribution >= 0.6 is 31.9 Å². The summed E-state index contributed by atoms with van der Waals surface area (Å²) in [7, 11) is 0. The molecule has 0 atom stereocenters. The number of carboxylic acids is 1. The second-order valence-corrected chi connectivity index (χ2v) is 6.13. The summed E-state index contributed by atoms with van der Waals surface area (Å²) in [5.74, 6) is -0.843. The lowest BCUT2D eigenvalue weighted by atomic mass is 10.2. The molecule has 0 saturated carbocycles. The van der Waals surface area contributed by atoms with E-state index >= 15 is 0 Å². The molecule has 0 aliphatic carbocycles. The zero-order chi connectivity index (χ0) is 13.6. The van der Waals surface area contributed by atoms with Crippen molar-refractivity contribution in [1.82, 2.24) is 4.57 Å². The molecule has 0 radical (unpaired) electrons. The molecule has 19 heavy (non-hydrogen) atoms. The monoisotopic (exact) mass is 381 g/mol. The van der Waals surface area contributed by atoms with Gasteiger partial charge in [-0.3, -0.25) is 4.79 Å². The van der Waals surface area contributed by atoms with E-state index < -0.39 is 5.97 Å². The average molecular weight is 383 g/mol. The normalized spacial score (nSPS) is 11.3. The van der Waals surface area contributed by atoms with E-state index in [1.807, 2.05) is 41.0 Å². The maximum Gasteiger partial charge on any atom is 0.323 e. The minimum absolute atomic E-state index is 0.0384. The predicted molar refractivity (Wildman–Crippen MR) is 82.5 cm³/mol. The van der Waals surface area contributed by atoms with Gasteiger partial charge in [0.05, 0.1) is 0 Å². The Hall–Kier alpha value is -1.33. The summed E-state index contributed by atoms with van der Waals surface area (Å²) in [6.07, 6.45) is 0. The number of rotatable bonds is 2. The average Bonchev–Trinajstić information content (AvgIpc) is 2.62. The smallest absolute Gasteiger partial charge is 0.323 e. The standard InChI is InChI=1S/C14H9Br2NO2/c15-8-1-3-12-10(5-8)11-6-9(16)2-4-13(11)17(12)7-14(18)19/h1-6H,7H2,(H,18,19). The highest BCUT2D eigenvalue weighted by Crippen LogP contribution is 2.32. The number of fused-ring (bicyclic) bond motifs is 3. The molecule has 2 aromatic carbocycles. The molecule has 1 N–H and O–H groups in total. The highest BCUT2D eigenvalue weighted by atomic mass is 79.9. The van der Waals surface area contributed by atoms with E-state index in [0.717, 1.165) is 30.8 Å². The van der Waals surface area contributed by atoms with Gasteiger partial charge >= 0.3 is 5.97 Å². The number of aromatic nitrogens is 1. The van der Waals surface area contributed by atoms with Crippen molar-refractivity contribution in [3.05, 3.63) is 45.3 Å². The Morgan fingerprint density at radius 3 is 1.89 bits per heavy atom. The van der Waals surface area contributed by atoms with Gasteiger partial charge in [0.15, 0.2) is 0 Å². The van der Waals surface area contributed by atoms with Crippen molar-refractivity contribution in [3.63, 3.8) is 0 Å². The van der Waals surface area contributed by atoms with Crippen molar-refractivity contribution < 1.29 is 9.90 Å². The topological polar surface area (TPSA) is 42.2 Å². The molecule has 0 aliphatic rings. The molecule has 0 unspecified atom stereocenters. The van der Waals surface area contributed by atoms with Gasteiger partial charge in [-0.2, -0.15) is 0 Å². The molecule has 3 nitrogen and oxygen atoms in total. The molecule has 1 aromatic heterocycles. The van der Waals surface area contributed by atoms with E-state index in [4.69, 9.17) is 5.11 Å². The Kier molecular flexibility index (Phi) is 3.11. The van der Waals surface area contributed by atoms with Crippen molar-refractivity contribution in [2.24, 2.45) is 0 Å². The van der Waals surface area contributed by atoms with Crippen LogP contribution in [0.15, 0.2) is 45.3 Å². The van der Waals surface area contributed by atoms with E-state index in [1.54, 1.807) is 0 Å². The molecule has 0 spiro atoms. The van der Waals surface area contributed by atoms with Crippen molar-refractivity contribution in [2.45, 2.75) is 6.54 Å². The van der Waals surface area contributed by atoms with E-state index in [0.29, 0.717) is 0 Å². The number of halogens is 2. The van der Waals surface area contributed by atoms with Gasteiger partial charge in [-0.05, 0) is 36.4 Å². The van der Waals surface area contributed by atoms with Crippen LogP contribution in [-0.4, -0.2) is 15.6 Å². The van der Waals surface area contributed by atoms with Crippen molar-refractivity contribution >= 4 is 59.6 Å². The fraction of sp³-hybridized carbons (Fsp3) is 0.0714. The van der Waals surface area contributed by atoms with E-state index in [9.17, 15) is 4.79 Å². The van der Waals surface area contributed by atoms with Gasteiger partial charge in [-0.1, -0.05) is 31.9 Å². The zero-order valence-corrected chi connectivity index (χ0v) is 12.9. The largest absolute Gasteiger partial charge is 0.480 e. The number of aliphatic carboxylic acids is 1. The zero-order valence-electron chi connectivity index (χ0n) is 9.73. The van der Waals surface area contributed by atoms with E-state index in [-0.39, 0.29) is 6.54 Å². The van der Waals surface area contributed by atoms with Gasteiger partial charge in [-0.15, -0.1) is 0 Å². The highest BCUT2D eigenvalue weighted by Gasteiger charge is 2.13. The first kappa shape index (κ1) is 12.7. The van der Waals surface area contributed by atoms with Crippen LogP contribution in [0.3, 0.4) is 0 Å². The molecule has 0 bridgehead atoms. The Morgan fingerprint density at radius 2 is 1.47 bits per heavy atom. The SMILES string of the molecule is O=C(O)Cn1c2ccc(Br)cc2c2cc(Br)ccc21. The minimum atomic E-state index is -0.843. The first-order chi connectivity index (χ1) is 9.06. The van der Waals surface area contributed by atoms with E-state index in [2.05, 4.69) is 31.9 Å². The molecule has 0 amide bonds. The molecule has 96 valence electrons. The Morgan fingerprint density at radius 1 is 1.00 bits per heavy atom. The Labute approximate surface area is 126 Å².